The normalized spacial score (nSPS) is 10.5. The van der Waals surface area contributed by atoms with E-state index in [4.69, 9.17) is 12.2 Å². The van der Waals surface area contributed by atoms with Crippen molar-refractivity contribution >= 4 is 33.9 Å². The van der Waals surface area contributed by atoms with Crippen LogP contribution in [0.3, 0.4) is 0 Å². The molecular weight excluding hydrogens is 230 g/mol. The van der Waals surface area contributed by atoms with Crippen molar-refractivity contribution in [2.45, 2.75) is 19.9 Å². The second kappa shape index (κ2) is 5.10. The van der Waals surface area contributed by atoms with Crippen molar-refractivity contribution in [2.24, 2.45) is 0 Å². The standard InChI is InChI=1S/C13H15N3S/c1-9(2)15-13(17)16-12-7-3-6-11-10(12)5-4-8-14-11/h3-9H,1-2H3,(H2,15,16,17). The van der Waals surface area contributed by atoms with Gasteiger partial charge in [0.25, 0.3) is 0 Å². The van der Waals surface area contributed by atoms with E-state index in [9.17, 15) is 0 Å². The summed E-state index contributed by atoms with van der Waals surface area (Å²) in [6.07, 6.45) is 1.79. The lowest BCUT2D eigenvalue weighted by molar-refractivity contribution is 0.739. The SMILES string of the molecule is CC(C)NC(=S)Nc1cccc2ncccc12. The molecule has 0 saturated heterocycles. The molecule has 88 valence electrons. The number of hydrogen-bond acceptors (Lipinski definition) is 2. The van der Waals surface area contributed by atoms with Crippen LogP contribution in [-0.4, -0.2) is 16.1 Å². The van der Waals surface area contributed by atoms with Crippen molar-refractivity contribution < 1.29 is 0 Å². The molecular formula is C13H15N3S. The van der Waals surface area contributed by atoms with Crippen LogP contribution >= 0.6 is 12.2 Å². The molecule has 0 aliphatic heterocycles. The topological polar surface area (TPSA) is 37.0 Å². The summed E-state index contributed by atoms with van der Waals surface area (Å²) in [4.78, 5) is 4.31. The molecule has 0 amide bonds. The van der Waals surface area contributed by atoms with Crippen LogP contribution in [0.1, 0.15) is 13.8 Å². The Balaban J connectivity index is 2.27. The first-order chi connectivity index (χ1) is 8.16. The van der Waals surface area contributed by atoms with Crippen molar-refractivity contribution in [3.8, 4) is 0 Å². The smallest absolute Gasteiger partial charge is 0.170 e. The Morgan fingerprint density at radius 3 is 2.82 bits per heavy atom. The lowest BCUT2D eigenvalue weighted by Crippen LogP contribution is -2.33. The molecule has 1 aromatic carbocycles. The Morgan fingerprint density at radius 1 is 1.24 bits per heavy atom. The summed E-state index contributed by atoms with van der Waals surface area (Å²) in [5, 5.41) is 8.06. The minimum absolute atomic E-state index is 0.322. The molecule has 0 fully saturated rings. The lowest BCUT2D eigenvalue weighted by Gasteiger charge is -2.14. The molecule has 0 saturated carbocycles. The molecule has 0 unspecified atom stereocenters. The molecule has 0 aliphatic carbocycles. The van der Waals surface area contributed by atoms with E-state index in [1.54, 1.807) is 6.20 Å². The maximum Gasteiger partial charge on any atom is 0.170 e. The van der Waals surface area contributed by atoms with Crippen molar-refractivity contribution in [3.05, 3.63) is 36.5 Å². The van der Waals surface area contributed by atoms with Crippen LogP contribution in [0.2, 0.25) is 0 Å². The van der Waals surface area contributed by atoms with Gasteiger partial charge in [-0.3, -0.25) is 4.98 Å². The van der Waals surface area contributed by atoms with Gasteiger partial charge in [0, 0.05) is 23.3 Å². The number of anilines is 1. The number of pyridine rings is 1. The van der Waals surface area contributed by atoms with Gasteiger partial charge in [0.1, 0.15) is 0 Å². The van der Waals surface area contributed by atoms with Gasteiger partial charge >= 0.3 is 0 Å². The van der Waals surface area contributed by atoms with Crippen LogP contribution in [0.5, 0.6) is 0 Å². The van der Waals surface area contributed by atoms with E-state index in [2.05, 4.69) is 29.5 Å². The van der Waals surface area contributed by atoms with Crippen LogP contribution in [0, 0.1) is 0 Å². The molecule has 0 aliphatic rings. The summed E-state index contributed by atoms with van der Waals surface area (Å²) < 4.78 is 0. The Bertz CT molecular complexity index is 532. The number of aromatic nitrogens is 1. The second-order valence-corrected chi connectivity index (χ2v) is 4.54. The fourth-order valence-corrected chi connectivity index (χ4v) is 1.98. The highest BCUT2D eigenvalue weighted by Gasteiger charge is 2.03. The Labute approximate surface area is 106 Å². The number of benzene rings is 1. The fourth-order valence-electron chi connectivity index (χ4n) is 1.63. The molecule has 17 heavy (non-hydrogen) atoms. The first-order valence-electron chi connectivity index (χ1n) is 5.58. The van der Waals surface area contributed by atoms with E-state index in [0.29, 0.717) is 11.2 Å². The minimum atomic E-state index is 0.322. The van der Waals surface area contributed by atoms with E-state index in [0.717, 1.165) is 16.6 Å². The lowest BCUT2D eigenvalue weighted by atomic mass is 10.2. The number of nitrogens with zero attached hydrogens (tertiary/aromatic N) is 1. The van der Waals surface area contributed by atoms with Gasteiger partial charge in [-0.1, -0.05) is 6.07 Å². The first-order valence-corrected chi connectivity index (χ1v) is 5.99. The average Bonchev–Trinajstić information content (AvgIpc) is 2.28. The molecule has 0 atom stereocenters. The molecule has 1 heterocycles. The molecule has 1 aromatic heterocycles. The van der Waals surface area contributed by atoms with Gasteiger partial charge in [-0.05, 0) is 50.3 Å². The third kappa shape index (κ3) is 2.91. The molecule has 0 spiro atoms. The monoisotopic (exact) mass is 245 g/mol. The summed E-state index contributed by atoms with van der Waals surface area (Å²) >= 11 is 5.23. The van der Waals surface area contributed by atoms with Crippen LogP contribution in [0.4, 0.5) is 5.69 Å². The summed E-state index contributed by atoms with van der Waals surface area (Å²) in [5.74, 6) is 0. The van der Waals surface area contributed by atoms with E-state index < -0.39 is 0 Å². The van der Waals surface area contributed by atoms with Crippen molar-refractivity contribution in [1.82, 2.24) is 10.3 Å². The van der Waals surface area contributed by atoms with Crippen LogP contribution in [0.15, 0.2) is 36.5 Å². The van der Waals surface area contributed by atoms with Gasteiger partial charge in [-0.15, -0.1) is 0 Å². The molecule has 0 radical (unpaired) electrons. The van der Waals surface area contributed by atoms with Crippen molar-refractivity contribution in [3.63, 3.8) is 0 Å². The van der Waals surface area contributed by atoms with Crippen LogP contribution < -0.4 is 10.6 Å². The fraction of sp³-hybridized carbons (Fsp3) is 0.231. The second-order valence-electron chi connectivity index (χ2n) is 4.13. The van der Waals surface area contributed by atoms with E-state index in [1.807, 2.05) is 30.3 Å². The Hall–Kier alpha value is -1.68. The van der Waals surface area contributed by atoms with Gasteiger partial charge in [-0.25, -0.2) is 0 Å². The number of fused-ring (bicyclic) bond motifs is 1. The van der Waals surface area contributed by atoms with Crippen molar-refractivity contribution in [2.75, 3.05) is 5.32 Å². The zero-order valence-corrected chi connectivity index (χ0v) is 10.7. The zero-order valence-electron chi connectivity index (χ0n) is 9.90. The van der Waals surface area contributed by atoms with Gasteiger partial charge < -0.3 is 10.6 Å². The third-order valence-corrected chi connectivity index (χ3v) is 2.53. The van der Waals surface area contributed by atoms with Crippen molar-refractivity contribution in [1.29, 1.82) is 0 Å². The summed E-state index contributed by atoms with van der Waals surface area (Å²) in [6, 6.07) is 10.2. The quantitative estimate of drug-likeness (QED) is 0.798. The van der Waals surface area contributed by atoms with Gasteiger partial charge in [0.15, 0.2) is 5.11 Å². The van der Waals surface area contributed by atoms with Crippen LogP contribution in [0.25, 0.3) is 10.9 Å². The average molecular weight is 245 g/mol. The number of rotatable bonds is 2. The molecule has 2 N–H and O–H groups in total. The van der Waals surface area contributed by atoms with Gasteiger partial charge in [-0.2, -0.15) is 0 Å². The van der Waals surface area contributed by atoms with Gasteiger partial charge in [0.2, 0.25) is 0 Å². The largest absolute Gasteiger partial charge is 0.360 e. The molecule has 2 aromatic rings. The van der Waals surface area contributed by atoms with E-state index >= 15 is 0 Å². The zero-order chi connectivity index (χ0) is 12.3. The molecule has 4 heteroatoms. The third-order valence-electron chi connectivity index (χ3n) is 2.31. The maximum absolute atomic E-state index is 5.23. The highest BCUT2D eigenvalue weighted by atomic mass is 32.1. The predicted octanol–water partition coefficient (Wildman–Crippen LogP) is 2.93. The summed E-state index contributed by atoms with van der Waals surface area (Å²) in [7, 11) is 0. The number of hydrogen-bond donors (Lipinski definition) is 2. The Kier molecular flexibility index (Phi) is 3.54. The minimum Gasteiger partial charge on any atom is -0.360 e. The van der Waals surface area contributed by atoms with E-state index in [1.165, 1.54) is 0 Å². The molecule has 2 rings (SSSR count). The molecule has 0 bridgehead atoms. The predicted molar refractivity (Wildman–Crippen MR) is 76.2 cm³/mol. The summed E-state index contributed by atoms with van der Waals surface area (Å²) in [5.41, 5.74) is 1.94. The number of thiocarbonyl (C=S) groups is 1. The Morgan fingerprint density at radius 2 is 2.06 bits per heavy atom. The van der Waals surface area contributed by atoms with E-state index in [-0.39, 0.29) is 0 Å². The number of nitrogens with one attached hydrogen (secondary N) is 2. The highest BCUT2D eigenvalue weighted by Crippen LogP contribution is 2.20. The van der Waals surface area contributed by atoms with Gasteiger partial charge in [0.05, 0.1) is 5.52 Å². The highest BCUT2D eigenvalue weighted by molar-refractivity contribution is 7.80. The summed E-state index contributed by atoms with van der Waals surface area (Å²) in [6.45, 7) is 4.11. The molecule has 3 nitrogen and oxygen atoms in total. The first kappa shape index (κ1) is 11.8. The van der Waals surface area contributed by atoms with Crippen LogP contribution in [-0.2, 0) is 0 Å². The maximum atomic E-state index is 5.23.